The van der Waals surface area contributed by atoms with Crippen molar-refractivity contribution in [2.75, 3.05) is 0 Å². The van der Waals surface area contributed by atoms with Crippen LogP contribution in [0, 0.1) is 0 Å². The minimum Gasteiger partial charge on any atom is -0.478 e. The summed E-state index contributed by atoms with van der Waals surface area (Å²) in [6.45, 7) is -0.595. The van der Waals surface area contributed by atoms with E-state index in [0.717, 1.165) is 0 Å². The lowest BCUT2D eigenvalue weighted by atomic mass is 10.0. The van der Waals surface area contributed by atoms with Gasteiger partial charge in [-0.25, -0.2) is 4.79 Å². The minimum absolute atomic E-state index is 0.00659. The van der Waals surface area contributed by atoms with Crippen LogP contribution in [0.2, 0.25) is 0 Å². The van der Waals surface area contributed by atoms with Crippen LogP contribution < -0.4 is 5.32 Å². The average molecular weight is 381 g/mol. The number of hydrogen-bond acceptors (Lipinski definition) is 2. The largest absolute Gasteiger partial charge is 0.478 e. The molecule has 1 amide bonds. The third kappa shape index (κ3) is 4.55. The third-order valence-electron chi connectivity index (χ3n) is 3.85. The number of carboxylic acid groups (broad SMARTS) is 1. The van der Waals surface area contributed by atoms with Crippen molar-refractivity contribution in [2.24, 2.45) is 0 Å². The quantitative estimate of drug-likeness (QED) is 0.778. The number of alkyl halides is 6. The van der Waals surface area contributed by atoms with Gasteiger partial charge in [0.1, 0.15) is 0 Å². The van der Waals surface area contributed by atoms with E-state index in [4.69, 9.17) is 5.11 Å². The number of hydrogen-bond donors (Lipinski definition) is 2. The molecule has 1 aliphatic carbocycles. The molecule has 26 heavy (non-hydrogen) atoms. The first-order chi connectivity index (χ1) is 11.9. The highest BCUT2D eigenvalue weighted by atomic mass is 19.4. The van der Waals surface area contributed by atoms with E-state index in [9.17, 15) is 35.9 Å². The van der Waals surface area contributed by atoms with Crippen LogP contribution in [0.4, 0.5) is 26.3 Å². The van der Waals surface area contributed by atoms with E-state index < -0.39 is 47.5 Å². The first kappa shape index (κ1) is 19.8. The van der Waals surface area contributed by atoms with Gasteiger partial charge in [-0.2, -0.15) is 26.3 Å². The van der Waals surface area contributed by atoms with Crippen LogP contribution in [0.25, 0.3) is 0 Å². The molecule has 0 fully saturated rings. The molecule has 0 aliphatic heterocycles. The number of benzene rings is 1. The van der Waals surface area contributed by atoms with Crippen molar-refractivity contribution in [3.8, 4) is 0 Å². The lowest BCUT2D eigenvalue weighted by Crippen LogP contribution is -2.26. The Morgan fingerprint density at radius 3 is 1.88 bits per heavy atom. The summed E-state index contributed by atoms with van der Waals surface area (Å²) in [4.78, 5) is 23.0. The number of nitrogens with one attached hydrogen (secondary N) is 1. The second-order valence-electron chi connectivity index (χ2n) is 5.71. The van der Waals surface area contributed by atoms with Crippen LogP contribution in [0.5, 0.6) is 0 Å². The molecule has 1 aromatic rings. The summed E-state index contributed by atoms with van der Waals surface area (Å²) in [5, 5.41) is 11.2. The molecule has 0 unspecified atom stereocenters. The second-order valence-corrected chi connectivity index (χ2v) is 5.71. The molecule has 0 aromatic heterocycles. The van der Waals surface area contributed by atoms with Gasteiger partial charge in [0, 0.05) is 17.7 Å². The van der Waals surface area contributed by atoms with Gasteiger partial charge in [-0.1, -0.05) is 0 Å². The first-order valence-electron chi connectivity index (χ1n) is 7.41. The van der Waals surface area contributed by atoms with Gasteiger partial charge in [0.15, 0.2) is 0 Å². The predicted molar refractivity (Wildman–Crippen MR) is 76.8 cm³/mol. The molecule has 2 N–H and O–H groups in total. The van der Waals surface area contributed by atoms with E-state index in [1.807, 2.05) is 0 Å². The minimum atomic E-state index is -4.98. The molecule has 0 saturated carbocycles. The SMILES string of the molecule is O=C(O)C1=C(C(=O)NCc2cc(C(F)(F)F)cc(C(F)(F)F)c2)CCC1. The monoisotopic (exact) mass is 381 g/mol. The number of aliphatic carboxylic acids is 1. The normalized spacial score (nSPS) is 15.3. The smallest absolute Gasteiger partial charge is 0.416 e. The zero-order valence-electron chi connectivity index (χ0n) is 13.1. The third-order valence-corrected chi connectivity index (χ3v) is 3.85. The molecular weight excluding hydrogens is 368 g/mol. The lowest BCUT2D eigenvalue weighted by Gasteiger charge is -2.15. The number of rotatable bonds is 4. The zero-order chi connectivity index (χ0) is 19.7. The summed E-state index contributed by atoms with van der Waals surface area (Å²) in [7, 11) is 0. The van der Waals surface area contributed by atoms with E-state index in [-0.39, 0.29) is 30.1 Å². The van der Waals surface area contributed by atoms with Crippen molar-refractivity contribution in [2.45, 2.75) is 38.2 Å². The summed E-state index contributed by atoms with van der Waals surface area (Å²) >= 11 is 0. The maximum absolute atomic E-state index is 12.8. The summed E-state index contributed by atoms with van der Waals surface area (Å²) in [6, 6.07) is 1.01. The van der Waals surface area contributed by atoms with Crippen LogP contribution >= 0.6 is 0 Å². The molecule has 0 atom stereocenters. The van der Waals surface area contributed by atoms with Gasteiger partial charge < -0.3 is 10.4 Å². The van der Waals surface area contributed by atoms with Gasteiger partial charge in [0.05, 0.1) is 11.1 Å². The second kappa shape index (κ2) is 7.00. The van der Waals surface area contributed by atoms with E-state index in [1.165, 1.54) is 0 Å². The van der Waals surface area contributed by atoms with Gasteiger partial charge in [-0.3, -0.25) is 4.79 Å². The van der Waals surface area contributed by atoms with Crippen LogP contribution in [0.3, 0.4) is 0 Å². The van der Waals surface area contributed by atoms with Crippen molar-refractivity contribution < 1.29 is 41.0 Å². The maximum Gasteiger partial charge on any atom is 0.416 e. The number of halogens is 6. The molecule has 2 rings (SSSR count). The average Bonchev–Trinajstić information content (AvgIpc) is 3.00. The molecular formula is C16H13F6NO3. The van der Waals surface area contributed by atoms with E-state index in [2.05, 4.69) is 5.32 Å². The molecule has 1 aromatic carbocycles. The Labute approximate surface area is 143 Å². The number of carboxylic acids is 1. The zero-order valence-corrected chi connectivity index (χ0v) is 13.1. The maximum atomic E-state index is 12.8. The predicted octanol–water partition coefficient (Wildman–Crippen LogP) is 3.91. The Balaban J connectivity index is 2.25. The van der Waals surface area contributed by atoms with Crippen molar-refractivity contribution in [3.63, 3.8) is 0 Å². The van der Waals surface area contributed by atoms with Crippen molar-refractivity contribution in [3.05, 3.63) is 46.0 Å². The Kier molecular flexibility index (Phi) is 5.33. The summed E-state index contributed by atoms with van der Waals surface area (Å²) in [6.07, 6.45) is -9.16. The van der Waals surface area contributed by atoms with E-state index >= 15 is 0 Å². The highest BCUT2D eigenvalue weighted by Gasteiger charge is 2.37. The topological polar surface area (TPSA) is 66.4 Å². The van der Waals surface area contributed by atoms with E-state index in [0.29, 0.717) is 18.6 Å². The van der Waals surface area contributed by atoms with Crippen LogP contribution in [0.1, 0.15) is 36.0 Å². The Morgan fingerprint density at radius 2 is 1.42 bits per heavy atom. The van der Waals surface area contributed by atoms with Crippen molar-refractivity contribution in [1.29, 1.82) is 0 Å². The summed E-state index contributed by atoms with van der Waals surface area (Å²) in [5.74, 6) is -2.09. The van der Waals surface area contributed by atoms with Crippen LogP contribution in [0.15, 0.2) is 29.3 Å². The fourth-order valence-corrected chi connectivity index (χ4v) is 2.64. The molecule has 0 radical (unpaired) electrons. The fourth-order valence-electron chi connectivity index (χ4n) is 2.64. The molecule has 0 heterocycles. The lowest BCUT2D eigenvalue weighted by molar-refractivity contribution is -0.143. The highest BCUT2D eigenvalue weighted by Crippen LogP contribution is 2.36. The van der Waals surface area contributed by atoms with Crippen LogP contribution in [-0.4, -0.2) is 17.0 Å². The molecule has 4 nitrogen and oxygen atoms in total. The van der Waals surface area contributed by atoms with Crippen molar-refractivity contribution in [1.82, 2.24) is 5.32 Å². The van der Waals surface area contributed by atoms with Gasteiger partial charge in [0.2, 0.25) is 5.91 Å². The van der Waals surface area contributed by atoms with Crippen molar-refractivity contribution >= 4 is 11.9 Å². The van der Waals surface area contributed by atoms with Gasteiger partial charge in [-0.05, 0) is 43.0 Å². The first-order valence-corrected chi connectivity index (χ1v) is 7.41. The molecule has 1 aliphatic rings. The van der Waals surface area contributed by atoms with E-state index in [1.54, 1.807) is 0 Å². The number of carbonyl (C=O) groups is 2. The number of amides is 1. The Morgan fingerprint density at radius 1 is 0.923 bits per heavy atom. The van der Waals surface area contributed by atoms with Gasteiger partial charge in [-0.15, -0.1) is 0 Å². The standard InChI is InChI=1S/C16H13F6NO3/c17-15(18,19)9-4-8(5-10(6-9)16(20,21)22)7-23-13(24)11-2-1-3-12(11)14(25)26/h4-6H,1-3,7H2,(H,23,24)(H,25,26). The summed E-state index contributed by atoms with van der Waals surface area (Å²) in [5.41, 5.74) is -3.47. The molecule has 0 bridgehead atoms. The Hall–Kier alpha value is -2.52. The Bertz CT molecular complexity index is 732. The van der Waals surface area contributed by atoms with Gasteiger partial charge in [0.25, 0.3) is 0 Å². The summed E-state index contributed by atoms with van der Waals surface area (Å²) < 4.78 is 76.8. The van der Waals surface area contributed by atoms with Crippen LogP contribution in [-0.2, 0) is 28.5 Å². The van der Waals surface area contributed by atoms with Gasteiger partial charge >= 0.3 is 18.3 Å². The fraction of sp³-hybridized carbons (Fsp3) is 0.375. The highest BCUT2D eigenvalue weighted by molar-refractivity contribution is 6.02. The molecule has 10 heteroatoms. The molecule has 0 saturated heterocycles. The molecule has 142 valence electrons. The number of carbonyl (C=O) groups excluding carboxylic acids is 1. The molecule has 0 spiro atoms.